The van der Waals surface area contributed by atoms with Gasteiger partial charge >= 0.3 is 6.03 Å². The number of aromatic nitrogens is 2. The molecule has 1 aromatic carbocycles. The lowest BCUT2D eigenvalue weighted by molar-refractivity contribution is 0.207. The zero-order chi connectivity index (χ0) is 19.2. The van der Waals surface area contributed by atoms with Crippen LogP contribution in [0.2, 0.25) is 0 Å². The molecule has 0 radical (unpaired) electrons. The third kappa shape index (κ3) is 5.65. The minimum atomic E-state index is -0.272. The van der Waals surface area contributed by atoms with E-state index in [-0.39, 0.29) is 17.9 Å². The Morgan fingerprint density at radius 1 is 1.26 bits per heavy atom. The van der Waals surface area contributed by atoms with Crippen LogP contribution in [0.5, 0.6) is 0 Å². The predicted octanol–water partition coefficient (Wildman–Crippen LogP) is 3.23. The van der Waals surface area contributed by atoms with E-state index >= 15 is 0 Å². The molecule has 1 aliphatic heterocycles. The van der Waals surface area contributed by atoms with Crippen molar-refractivity contribution in [1.29, 1.82) is 0 Å². The Morgan fingerprint density at radius 2 is 1.96 bits per heavy atom. The fourth-order valence-electron chi connectivity index (χ4n) is 3.28. The van der Waals surface area contributed by atoms with Gasteiger partial charge in [0.15, 0.2) is 0 Å². The lowest BCUT2D eigenvalue weighted by Gasteiger charge is -2.32. The number of halogens is 1. The van der Waals surface area contributed by atoms with Crippen LogP contribution >= 0.6 is 0 Å². The van der Waals surface area contributed by atoms with Crippen LogP contribution in [0, 0.1) is 5.82 Å². The maximum atomic E-state index is 13.0. The monoisotopic (exact) mass is 371 g/mol. The van der Waals surface area contributed by atoms with Crippen LogP contribution in [-0.2, 0) is 6.54 Å². The van der Waals surface area contributed by atoms with E-state index in [9.17, 15) is 9.18 Å². The second kappa shape index (κ2) is 8.81. The van der Waals surface area contributed by atoms with Crippen molar-refractivity contribution in [2.75, 3.05) is 25.0 Å². The summed E-state index contributed by atoms with van der Waals surface area (Å²) in [4.78, 5) is 14.7. The van der Waals surface area contributed by atoms with Crippen molar-refractivity contribution in [2.45, 2.75) is 32.4 Å². The van der Waals surface area contributed by atoms with Gasteiger partial charge in [-0.3, -0.25) is 10.2 Å². The number of carbonyl (C=O) groups excluding carboxylic acids is 1. The van der Waals surface area contributed by atoms with Crippen LogP contribution in [0.4, 0.5) is 15.0 Å². The summed E-state index contributed by atoms with van der Waals surface area (Å²) in [5.41, 5.74) is 2.07. The summed E-state index contributed by atoms with van der Waals surface area (Å²) in [6.07, 6.45) is 3.49. The minimum absolute atomic E-state index is 0.167. The number of benzene rings is 1. The number of rotatable bonds is 6. The fraction of sp³-hybridized carbons (Fsp3) is 0.400. The molecule has 2 aromatic rings. The van der Waals surface area contributed by atoms with E-state index in [0.29, 0.717) is 12.4 Å². The standard InChI is InChI=1S/C20H26FN5O/c1-15(2)13-25-11-8-18(9-12-25)23-20(27)24-19-7-10-22-26(19)14-16-3-5-17(21)6-4-16/h3-7,10,18H,1,8-9,11-14H2,2H3,(H2,23,24,27). The molecule has 1 aliphatic rings. The number of piperidine rings is 1. The van der Waals surface area contributed by atoms with Gasteiger partial charge in [-0.15, -0.1) is 0 Å². The summed E-state index contributed by atoms with van der Waals surface area (Å²) < 4.78 is 14.7. The molecule has 27 heavy (non-hydrogen) atoms. The highest BCUT2D eigenvalue weighted by Crippen LogP contribution is 2.13. The highest BCUT2D eigenvalue weighted by Gasteiger charge is 2.20. The summed E-state index contributed by atoms with van der Waals surface area (Å²) >= 11 is 0. The number of nitrogens with one attached hydrogen (secondary N) is 2. The fourth-order valence-corrected chi connectivity index (χ4v) is 3.28. The highest BCUT2D eigenvalue weighted by atomic mass is 19.1. The van der Waals surface area contributed by atoms with Gasteiger partial charge in [-0.05, 0) is 37.5 Å². The van der Waals surface area contributed by atoms with Gasteiger partial charge in [0.25, 0.3) is 0 Å². The quantitative estimate of drug-likeness (QED) is 0.767. The van der Waals surface area contributed by atoms with Gasteiger partial charge in [0.1, 0.15) is 11.6 Å². The van der Waals surface area contributed by atoms with Gasteiger partial charge in [0, 0.05) is 31.7 Å². The highest BCUT2D eigenvalue weighted by molar-refractivity contribution is 5.88. The van der Waals surface area contributed by atoms with Crippen molar-refractivity contribution in [3.8, 4) is 0 Å². The lowest BCUT2D eigenvalue weighted by Crippen LogP contribution is -2.46. The number of carbonyl (C=O) groups is 1. The second-order valence-electron chi connectivity index (χ2n) is 7.11. The Kier molecular flexibility index (Phi) is 6.24. The molecule has 0 unspecified atom stereocenters. The first-order valence-corrected chi connectivity index (χ1v) is 9.20. The predicted molar refractivity (Wildman–Crippen MR) is 104 cm³/mol. The first kappa shape index (κ1) is 19.1. The van der Waals surface area contributed by atoms with E-state index in [1.165, 1.54) is 12.1 Å². The molecule has 6 nitrogen and oxygen atoms in total. The average molecular weight is 371 g/mol. The Balaban J connectivity index is 1.50. The maximum absolute atomic E-state index is 13.0. The summed E-state index contributed by atoms with van der Waals surface area (Å²) in [5, 5.41) is 10.1. The topological polar surface area (TPSA) is 62.2 Å². The molecule has 0 atom stereocenters. The Morgan fingerprint density at radius 3 is 2.63 bits per heavy atom. The molecule has 0 saturated carbocycles. The number of urea groups is 1. The summed E-state index contributed by atoms with van der Waals surface area (Å²) in [6, 6.07) is 7.93. The maximum Gasteiger partial charge on any atom is 0.320 e. The van der Waals surface area contributed by atoms with Crippen LogP contribution in [-0.4, -0.2) is 46.4 Å². The zero-order valence-corrected chi connectivity index (χ0v) is 15.6. The van der Waals surface area contributed by atoms with Gasteiger partial charge < -0.3 is 5.32 Å². The molecule has 2 heterocycles. The zero-order valence-electron chi connectivity index (χ0n) is 15.6. The van der Waals surface area contributed by atoms with E-state index in [1.54, 1.807) is 29.1 Å². The van der Waals surface area contributed by atoms with Crippen molar-refractivity contribution >= 4 is 11.8 Å². The SMILES string of the molecule is C=C(C)CN1CCC(NC(=O)Nc2ccnn2Cc2ccc(F)cc2)CC1. The van der Waals surface area contributed by atoms with Crippen LogP contribution in [0.3, 0.4) is 0 Å². The number of amides is 2. The summed E-state index contributed by atoms with van der Waals surface area (Å²) in [6.45, 7) is 9.28. The van der Waals surface area contributed by atoms with Crippen molar-refractivity contribution in [3.63, 3.8) is 0 Å². The lowest BCUT2D eigenvalue weighted by atomic mass is 10.0. The first-order valence-electron chi connectivity index (χ1n) is 9.20. The molecule has 7 heteroatoms. The smallest absolute Gasteiger partial charge is 0.320 e. The van der Waals surface area contributed by atoms with E-state index in [4.69, 9.17) is 0 Å². The molecular formula is C20H26FN5O. The molecule has 3 rings (SSSR count). The number of likely N-dealkylation sites (tertiary alicyclic amines) is 1. The van der Waals surface area contributed by atoms with Crippen molar-refractivity contribution in [2.24, 2.45) is 0 Å². The minimum Gasteiger partial charge on any atom is -0.335 e. The third-order valence-electron chi connectivity index (χ3n) is 4.62. The molecular weight excluding hydrogens is 345 g/mol. The Labute approximate surface area is 159 Å². The third-order valence-corrected chi connectivity index (χ3v) is 4.62. The number of anilines is 1. The van der Waals surface area contributed by atoms with E-state index in [1.807, 2.05) is 6.92 Å². The van der Waals surface area contributed by atoms with Crippen LogP contribution in [0.25, 0.3) is 0 Å². The molecule has 2 amide bonds. The molecule has 1 aromatic heterocycles. The van der Waals surface area contributed by atoms with Crippen LogP contribution in [0.15, 0.2) is 48.7 Å². The largest absolute Gasteiger partial charge is 0.335 e. The van der Waals surface area contributed by atoms with E-state index < -0.39 is 0 Å². The van der Waals surface area contributed by atoms with E-state index in [0.717, 1.165) is 43.6 Å². The Bertz CT molecular complexity index is 778. The van der Waals surface area contributed by atoms with Gasteiger partial charge in [-0.25, -0.2) is 13.9 Å². The van der Waals surface area contributed by atoms with Gasteiger partial charge in [0.05, 0.1) is 12.7 Å². The van der Waals surface area contributed by atoms with Crippen molar-refractivity contribution in [3.05, 3.63) is 60.1 Å². The van der Waals surface area contributed by atoms with Gasteiger partial charge in [0.2, 0.25) is 0 Å². The molecule has 0 aliphatic carbocycles. The van der Waals surface area contributed by atoms with E-state index in [2.05, 4.69) is 27.2 Å². The number of hydrogen-bond acceptors (Lipinski definition) is 3. The number of nitrogens with zero attached hydrogens (tertiary/aromatic N) is 3. The number of hydrogen-bond donors (Lipinski definition) is 2. The molecule has 2 N–H and O–H groups in total. The second-order valence-corrected chi connectivity index (χ2v) is 7.11. The normalized spacial score (nSPS) is 15.5. The summed E-state index contributed by atoms with van der Waals surface area (Å²) in [5.74, 6) is 0.336. The average Bonchev–Trinajstić information content (AvgIpc) is 3.05. The molecule has 1 saturated heterocycles. The molecule has 0 bridgehead atoms. The first-order chi connectivity index (χ1) is 13.0. The summed E-state index contributed by atoms with van der Waals surface area (Å²) in [7, 11) is 0. The van der Waals surface area contributed by atoms with Gasteiger partial charge in [-0.2, -0.15) is 5.10 Å². The molecule has 1 fully saturated rings. The van der Waals surface area contributed by atoms with Crippen LogP contribution < -0.4 is 10.6 Å². The molecule has 144 valence electrons. The van der Waals surface area contributed by atoms with Gasteiger partial charge in [-0.1, -0.05) is 24.3 Å². The van der Waals surface area contributed by atoms with Crippen molar-refractivity contribution in [1.82, 2.24) is 20.0 Å². The van der Waals surface area contributed by atoms with Crippen molar-refractivity contribution < 1.29 is 9.18 Å². The van der Waals surface area contributed by atoms with Crippen LogP contribution in [0.1, 0.15) is 25.3 Å². The Hall–Kier alpha value is -2.67. The molecule has 0 spiro atoms.